The molecule has 4 heterocycles. The summed E-state index contributed by atoms with van der Waals surface area (Å²) in [5.41, 5.74) is 2.74. The summed E-state index contributed by atoms with van der Waals surface area (Å²) < 4.78 is 28.0. The van der Waals surface area contributed by atoms with Crippen LogP contribution in [0, 0.1) is 5.92 Å². The molecule has 0 bridgehead atoms. The zero-order chi connectivity index (χ0) is 23.0. The molecule has 3 aliphatic heterocycles. The van der Waals surface area contributed by atoms with Gasteiger partial charge in [0.2, 0.25) is 15.9 Å². The van der Waals surface area contributed by atoms with Gasteiger partial charge in [-0.25, -0.2) is 8.42 Å². The number of aromatic amines is 1. The van der Waals surface area contributed by atoms with Gasteiger partial charge in [-0.05, 0) is 49.3 Å². The van der Waals surface area contributed by atoms with E-state index in [-0.39, 0.29) is 29.2 Å². The standard InChI is InChI=1S/C24H30N4O4S/c29-23(27-13-9-18-6-1-2-7-19(18)16-27)20-8-5-12-28(17-20)33(31,32)21-14-22(25-15-21)24(30)26-10-3-4-11-26/h1-2,6-7,14-15,20,25H,3-5,8-13,16-17H2/t20-/m0/s1. The van der Waals surface area contributed by atoms with Crippen molar-refractivity contribution in [3.8, 4) is 0 Å². The van der Waals surface area contributed by atoms with Crippen molar-refractivity contribution in [3.63, 3.8) is 0 Å². The number of rotatable bonds is 4. The number of amides is 2. The van der Waals surface area contributed by atoms with Gasteiger partial charge in [0.15, 0.2) is 0 Å². The molecule has 0 aliphatic carbocycles. The molecule has 1 atom stereocenters. The third-order valence-electron chi connectivity index (χ3n) is 7.09. The van der Waals surface area contributed by atoms with Crippen molar-refractivity contribution in [1.82, 2.24) is 19.1 Å². The quantitative estimate of drug-likeness (QED) is 0.742. The van der Waals surface area contributed by atoms with E-state index in [9.17, 15) is 18.0 Å². The van der Waals surface area contributed by atoms with E-state index in [1.54, 1.807) is 4.90 Å². The first kappa shape index (κ1) is 22.2. The van der Waals surface area contributed by atoms with Crippen molar-refractivity contribution in [3.05, 3.63) is 53.3 Å². The van der Waals surface area contributed by atoms with Gasteiger partial charge in [-0.2, -0.15) is 4.31 Å². The van der Waals surface area contributed by atoms with Crippen LogP contribution in [0.1, 0.15) is 47.3 Å². The second kappa shape index (κ2) is 8.95. The first-order valence-corrected chi connectivity index (χ1v) is 13.2. The highest BCUT2D eigenvalue weighted by Gasteiger charge is 2.36. The van der Waals surface area contributed by atoms with Crippen LogP contribution < -0.4 is 0 Å². The number of likely N-dealkylation sites (tertiary alicyclic amines) is 1. The van der Waals surface area contributed by atoms with Crippen LogP contribution in [0.2, 0.25) is 0 Å². The minimum atomic E-state index is -3.78. The van der Waals surface area contributed by atoms with E-state index >= 15 is 0 Å². The monoisotopic (exact) mass is 470 g/mol. The van der Waals surface area contributed by atoms with Gasteiger partial charge in [-0.1, -0.05) is 24.3 Å². The maximum Gasteiger partial charge on any atom is 0.270 e. The summed E-state index contributed by atoms with van der Waals surface area (Å²) in [7, 11) is -3.78. The average Bonchev–Trinajstić information content (AvgIpc) is 3.56. The maximum absolute atomic E-state index is 13.3. The number of piperidine rings is 1. The molecule has 2 saturated heterocycles. The lowest BCUT2D eigenvalue weighted by atomic mass is 9.95. The summed E-state index contributed by atoms with van der Waals surface area (Å²) in [4.78, 5) is 32.4. The molecular weight excluding hydrogens is 440 g/mol. The number of carbonyl (C=O) groups excluding carboxylic acids is 2. The third-order valence-corrected chi connectivity index (χ3v) is 8.94. The number of nitrogens with one attached hydrogen (secondary N) is 1. The van der Waals surface area contributed by atoms with Crippen molar-refractivity contribution in [2.45, 2.75) is 43.5 Å². The van der Waals surface area contributed by atoms with Crippen molar-refractivity contribution in [2.75, 3.05) is 32.7 Å². The molecule has 3 aliphatic rings. The summed E-state index contributed by atoms with van der Waals surface area (Å²) in [6.45, 7) is 3.22. The number of sulfonamides is 1. The molecule has 33 heavy (non-hydrogen) atoms. The lowest BCUT2D eigenvalue weighted by molar-refractivity contribution is -0.137. The van der Waals surface area contributed by atoms with Gasteiger partial charge >= 0.3 is 0 Å². The zero-order valence-corrected chi connectivity index (χ0v) is 19.5. The van der Waals surface area contributed by atoms with Crippen LogP contribution >= 0.6 is 0 Å². The van der Waals surface area contributed by atoms with Gasteiger partial charge in [0.1, 0.15) is 10.6 Å². The predicted octanol–water partition coefficient (Wildman–Crippen LogP) is 2.24. The SMILES string of the molecule is O=C(c1cc(S(=O)(=O)N2CCC[C@H](C(=O)N3CCc4ccccc4C3)C2)c[nH]1)N1CCCC1. The van der Waals surface area contributed by atoms with Crippen molar-refractivity contribution >= 4 is 21.8 Å². The smallest absolute Gasteiger partial charge is 0.270 e. The first-order chi connectivity index (χ1) is 15.9. The maximum atomic E-state index is 13.3. The number of carbonyl (C=O) groups is 2. The van der Waals surface area contributed by atoms with E-state index in [0.717, 1.165) is 19.3 Å². The molecule has 9 heteroatoms. The second-order valence-electron chi connectivity index (χ2n) is 9.23. The van der Waals surface area contributed by atoms with Gasteiger partial charge in [0.05, 0.1) is 5.92 Å². The Labute approximate surface area is 194 Å². The summed E-state index contributed by atoms with van der Waals surface area (Å²) in [5, 5.41) is 0. The molecule has 8 nitrogen and oxygen atoms in total. The van der Waals surface area contributed by atoms with Crippen LogP contribution in [0.25, 0.3) is 0 Å². The lowest BCUT2D eigenvalue weighted by Crippen LogP contribution is -2.47. The van der Waals surface area contributed by atoms with E-state index in [2.05, 4.69) is 17.1 Å². The molecule has 0 unspecified atom stereocenters. The fourth-order valence-corrected chi connectivity index (χ4v) is 6.71. The molecule has 1 aromatic heterocycles. The fourth-order valence-electron chi connectivity index (χ4n) is 5.19. The molecule has 2 fully saturated rings. The Morgan fingerprint density at radius 1 is 0.939 bits per heavy atom. The van der Waals surface area contributed by atoms with Crippen LogP contribution in [-0.2, 0) is 27.8 Å². The van der Waals surface area contributed by atoms with Crippen LogP contribution in [0.3, 0.4) is 0 Å². The van der Waals surface area contributed by atoms with Crippen LogP contribution in [0.5, 0.6) is 0 Å². The van der Waals surface area contributed by atoms with Crippen molar-refractivity contribution in [2.24, 2.45) is 5.92 Å². The number of fused-ring (bicyclic) bond motifs is 1. The number of benzene rings is 1. The Bertz CT molecular complexity index is 1150. The van der Waals surface area contributed by atoms with E-state index in [4.69, 9.17) is 0 Å². The number of H-pyrrole nitrogens is 1. The van der Waals surface area contributed by atoms with Crippen molar-refractivity contribution < 1.29 is 18.0 Å². The van der Waals surface area contributed by atoms with E-state index < -0.39 is 10.0 Å². The molecule has 0 spiro atoms. The largest absolute Gasteiger partial charge is 0.356 e. The van der Waals surface area contributed by atoms with E-state index in [1.807, 2.05) is 17.0 Å². The Kier molecular flexibility index (Phi) is 6.01. The Balaban J connectivity index is 1.27. The molecule has 2 aromatic rings. The molecule has 176 valence electrons. The molecule has 2 amide bonds. The number of hydrogen-bond acceptors (Lipinski definition) is 4. The van der Waals surface area contributed by atoms with E-state index in [1.165, 1.54) is 27.7 Å². The molecular formula is C24H30N4O4S. The van der Waals surface area contributed by atoms with Gasteiger partial charge in [-0.15, -0.1) is 0 Å². The zero-order valence-electron chi connectivity index (χ0n) is 18.7. The van der Waals surface area contributed by atoms with Gasteiger partial charge in [0, 0.05) is 45.5 Å². The first-order valence-electron chi connectivity index (χ1n) is 11.8. The average molecular weight is 471 g/mol. The van der Waals surface area contributed by atoms with Crippen LogP contribution in [0.15, 0.2) is 41.4 Å². The van der Waals surface area contributed by atoms with E-state index in [0.29, 0.717) is 51.3 Å². The highest BCUT2D eigenvalue weighted by atomic mass is 32.2. The summed E-state index contributed by atoms with van der Waals surface area (Å²) in [5.74, 6) is -0.474. The summed E-state index contributed by atoms with van der Waals surface area (Å²) >= 11 is 0. The highest BCUT2D eigenvalue weighted by Crippen LogP contribution is 2.28. The van der Waals surface area contributed by atoms with Crippen molar-refractivity contribution in [1.29, 1.82) is 0 Å². The van der Waals surface area contributed by atoms with Crippen LogP contribution in [0.4, 0.5) is 0 Å². The van der Waals surface area contributed by atoms with Crippen LogP contribution in [-0.4, -0.2) is 72.0 Å². The minimum absolute atomic E-state index is 0.0309. The lowest BCUT2D eigenvalue weighted by Gasteiger charge is -2.36. The van der Waals surface area contributed by atoms with Gasteiger partial charge in [-0.3, -0.25) is 9.59 Å². The van der Waals surface area contributed by atoms with Gasteiger partial charge in [0.25, 0.3) is 5.91 Å². The topological polar surface area (TPSA) is 93.8 Å². The number of nitrogens with zero attached hydrogens (tertiary/aromatic N) is 3. The number of hydrogen-bond donors (Lipinski definition) is 1. The van der Waals surface area contributed by atoms with Gasteiger partial charge < -0.3 is 14.8 Å². The molecule has 1 N–H and O–H groups in total. The highest BCUT2D eigenvalue weighted by molar-refractivity contribution is 7.89. The Hall–Kier alpha value is -2.65. The minimum Gasteiger partial charge on any atom is -0.356 e. The number of aromatic nitrogens is 1. The molecule has 0 radical (unpaired) electrons. The molecule has 0 saturated carbocycles. The summed E-state index contributed by atoms with van der Waals surface area (Å²) in [6, 6.07) is 9.60. The Morgan fingerprint density at radius 3 is 2.48 bits per heavy atom. The third kappa shape index (κ3) is 4.31. The second-order valence-corrected chi connectivity index (χ2v) is 11.2. The summed E-state index contributed by atoms with van der Waals surface area (Å²) in [6.07, 6.45) is 5.51. The fraction of sp³-hybridized carbons (Fsp3) is 0.500. The molecule has 1 aromatic carbocycles. The molecule has 5 rings (SSSR count). The normalized spacial score (nSPS) is 21.8. The predicted molar refractivity (Wildman–Crippen MR) is 123 cm³/mol. The Morgan fingerprint density at radius 2 is 1.70 bits per heavy atom.